The Morgan fingerprint density at radius 3 is 2.25 bits per heavy atom. The average Bonchev–Trinajstić information content (AvgIpc) is 3.86. The highest BCUT2D eigenvalue weighted by atomic mass is 16.5. The van der Waals surface area contributed by atoms with E-state index in [0.717, 1.165) is 74.0 Å². The number of benzene rings is 9. The molecule has 4 heteroatoms. The molecule has 0 atom stereocenters. The van der Waals surface area contributed by atoms with Gasteiger partial charge in [-0.25, -0.2) is 4.98 Å². The van der Waals surface area contributed by atoms with Gasteiger partial charge in [0.25, 0.3) is 0 Å². The van der Waals surface area contributed by atoms with Crippen molar-refractivity contribution >= 4 is 76.8 Å². The lowest BCUT2D eigenvalue weighted by Gasteiger charge is -2.29. The number of para-hydroxylation sites is 1. The second-order valence-electron chi connectivity index (χ2n) is 17.3. The molecule has 0 N–H and O–H groups in total. The summed E-state index contributed by atoms with van der Waals surface area (Å²) in [6.45, 7) is 5.26. The number of hydrogen-bond donors (Lipinski definition) is 0. The van der Waals surface area contributed by atoms with Crippen LogP contribution in [0.15, 0.2) is 174 Å². The zero-order chi connectivity index (χ0) is 40.4. The van der Waals surface area contributed by atoms with Crippen molar-refractivity contribution in [2.75, 3.05) is 4.90 Å². The lowest BCUT2D eigenvalue weighted by Crippen LogP contribution is -2.14. The molecule has 0 spiro atoms. The van der Waals surface area contributed by atoms with Crippen LogP contribution in [0.25, 0.3) is 82.0 Å². The van der Waals surface area contributed by atoms with E-state index in [0.29, 0.717) is 12.5 Å². The summed E-state index contributed by atoms with van der Waals surface area (Å²) < 4.78 is 12.8. The second-order valence-corrected chi connectivity index (χ2v) is 17.3. The zero-order valence-corrected chi connectivity index (χ0v) is 34.0. The molecule has 0 radical (unpaired) electrons. The van der Waals surface area contributed by atoms with Gasteiger partial charge in [-0.05, 0) is 127 Å². The minimum absolute atomic E-state index is 0.0596. The lowest BCUT2D eigenvalue weighted by atomic mass is 9.82. The molecule has 0 saturated carbocycles. The maximum absolute atomic E-state index is 6.56. The molecule has 0 saturated heterocycles. The molecule has 9 aromatic carbocycles. The van der Waals surface area contributed by atoms with Crippen molar-refractivity contribution in [1.29, 1.82) is 0 Å². The Kier molecular flexibility index (Phi) is 7.22. The van der Waals surface area contributed by atoms with Gasteiger partial charge in [-0.3, -0.25) is 0 Å². The minimum atomic E-state index is -0.0596. The summed E-state index contributed by atoms with van der Waals surface area (Å²) in [4.78, 5) is 7.38. The summed E-state index contributed by atoms with van der Waals surface area (Å²) in [5.41, 5.74) is 15.0. The van der Waals surface area contributed by atoms with E-state index in [1.807, 2.05) is 6.07 Å². The maximum atomic E-state index is 6.56. The molecule has 0 bridgehead atoms. The van der Waals surface area contributed by atoms with Crippen LogP contribution in [0.2, 0.25) is 0 Å². The standard InChI is InChI=1S/C57H40N2O2/c1-57(2)49-16-8-6-14-46(49)54-44-26-25-42-39(40(44)27-29-50(54)57)15-10-17-52(42)59(38-23-20-36-33-60-53-18-9-7-13-43(53)48(36)32-38)37-22-19-34-21-24-45-41(47(34)31-37)28-30-51-55(45)61-56(58-51)35-11-4-3-5-12-35/h4,6-32H,3,5,33H2,1-2H3. The first kappa shape index (κ1) is 34.4. The maximum Gasteiger partial charge on any atom is 0.227 e. The Morgan fingerprint density at radius 1 is 0.574 bits per heavy atom. The molecule has 4 nitrogen and oxygen atoms in total. The summed E-state index contributed by atoms with van der Waals surface area (Å²) in [5.74, 6) is 1.60. The Balaban J connectivity index is 1.04. The third kappa shape index (κ3) is 5.02. The molecule has 290 valence electrons. The van der Waals surface area contributed by atoms with E-state index in [4.69, 9.17) is 14.1 Å². The molecule has 1 aromatic heterocycles. The zero-order valence-electron chi connectivity index (χ0n) is 34.0. The predicted octanol–water partition coefficient (Wildman–Crippen LogP) is 15.5. The van der Waals surface area contributed by atoms with Crippen LogP contribution < -0.4 is 9.64 Å². The number of allylic oxidation sites excluding steroid dienone is 4. The van der Waals surface area contributed by atoms with E-state index in [-0.39, 0.29) is 5.41 Å². The quantitative estimate of drug-likeness (QED) is 0.167. The fourth-order valence-corrected chi connectivity index (χ4v) is 10.6. The Morgan fingerprint density at radius 2 is 1.33 bits per heavy atom. The average molecular weight is 785 g/mol. The van der Waals surface area contributed by atoms with Gasteiger partial charge in [-0.1, -0.05) is 135 Å². The monoisotopic (exact) mass is 784 g/mol. The highest BCUT2D eigenvalue weighted by Crippen LogP contribution is 2.53. The van der Waals surface area contributed by atoms with Gasteiger partial charge in [0.2, 0.25) is 5.89 Å². The van der Waals surface area contributed by atoms with Gasteiger partial charge < -0.3 is 14.1 Å². The van der Waals surface area contributed by atoms with Gasteiger partial charge in [0, 0.05) is 38.7 Å². The van der Waals surface area contributed by atoms with Crippen LogP contribution in [0.5, 0.6) is 5.75 Å². The molecule has 13 rings (SSSR count). The van der Waals surface area contributed by atoms with E-state index >= 15 is 0 Å². The molecule has 10 aromatic rings. The molecular weight excluding hydrogens is 745 g/mol. The van der Waals surface area contributed by atoms with Gasteiger partial charge in [-0.2, -0.15) is 0 Å². The molecule has 2 heterocycles. The number of oxazole rings is 1. The van der Waals surface area contributed by atoms with E-state index in [1.165, 1.54) is 60.3 Å². The van der Waals surface area contributed by atoms with Gasteiger partial charge >= 0.3 is 0 Å². The van der Waals surface area contributed by atoms with E-state index < -0.39 is 0 Å². The van der Waals surface area contributed by atoms with Crippen molar-refractivity contribution < 1.29 is 9.15 Å². The second kappa shape index (κ2) is 12.8. The number of hydrogen-bond acceptors (Lipinski definition) is 4. The van der Waals surface area contributed by atoms with Crippen molar-refractivity contribution in [3.8, 4) is 28.0 Å². The highest BCUT2D eigenvalue weighted by molar-refractivity contribution is 6.19. The number of aromatic nitrogens is 1. The molecule has 3 aliphatic rings. The first-order valence-electron chi connectivity index (χ1n) is 21.4. The topological polar surface area (TPSA) is 38.5 Å². The molecule has 0 unspecified atom stereocenters. The van der Waals surface area contributed by atoms with Crippen molar-refractivity contribution in [2.45, 2.75) is 38.7 Å². The summed E-state index contributed by atoms with van der Waals surface area (Å²) in [6, 6.07) is 56.0. The van der Waals surface area contributed by atoms with Crippen LogP contribution >= 0.6 is 0 Å². The van der Waals surface area contributed by atoms with Crippen LogP contribution in [-0.4, -0.2) is 4.98 Å². The van der Waals surface area contributed by atoms with Crippen molar-refractivity contribution in [3.05, 3.63) is 192 Å². The van der Waals surface area contributed by atoms with Gasteiger partial charge in [0.15, 0.2) is 5.58 Å². The van der Waals surface area contributed by atoms with Crippen LogP contribution in [0.4, 0.5) is 17.1 Å². The molecular formula is C57H40N2O2. The van der Waals surface area contributed by atoms with E-state index in [9.17, 15) is 0 Å². The van der Waals surface area contributed by atoms with Gasteiger partial charge in [-0.15, -0.1) is 0 Å². The SMILES string of the molecule is CC1(C)c2ccccc2-c2c1ccc1c2ccc2c(N(c3ccc4c(c3)-c3ccccc3OC4)c3ccc4ccc5c(ccc6nc(C7=CCCC=C7)oc65)c4c3)cccc21. The molecule has 0 fully saturated rings. The predicted molar refractivity (Wildman–Crippen MR) is 252 cm³/mol. The van der Waals surface area contributed by atoms with Crippen LogP contribution in [-0.2, 0) is 12.0 Å². The molecule has 61 heavy (non-hydrogen) atoms. The molecule has 1 aliphatic heterocycles. The minimum Gasteiger partial charge on any atom is -0.488 e. The normalized spacial score (nSPS) is 14.8. The Bertz CT molecular complexity index is 3590. The molecule has 2 aliphatic carbocycles. The van der Waals surface area contributed by atoms with Crippen molar-refractivity contribution in [2.24, 2.45) is 0 Å². The molecule has 0 amide bonds. The smallest absolute Gasteiger partial charge is 0.227 e. The third-order valence-electron chi connectivity index (χ3n) is 13.6. The highest BCUT2D eigenvalue weighted by Gasteiger charge is 2.36. The third-order valence-corrected chi connectivity index (χ3v) is 13.6. The first-order chi connectivity index (χ1) is 30.0. The van der Waals surface area contributed by atoms with E-state index in [1.54, 1.807) is 0 Å². The number of fused-ring (bicyclic) bond motifs is 15. The van der Waals surface area contributed by atoms with Crippen LogP contribution in [0, 0.1) is 0 Å². The number of rotatable bonds is 4. The largest absolute Gasteiger partial charge is 0.488 e. The summed E-state index contributed by atoms with van der Waals surface area (Å²) in [7, 11) is 0. The fourth-order valence-electron chi connectivity index (χ4n) is 10.6. The number of nitrogens with zero attached hydrogens (tertiary/aromatic N) is 2. The van der Waals surface area contributed by atoms with Crippen LogP contribution in [0.3, 0.4) is 0 Å². The summed E-state index contributed by atoms with van der Waals surface area (Å²) in [6.07, 6.45) is 8.60. The van der Waals surface area contributed by atoms with Crippen LogP contribution in [0.1, 0.15) is 49.3 Å². The first-order valence-corrected chi connectivity index (χ1v) is 21.4. The number of ether oxygens (including phenoxy) is 1. The Hall–Kier alpha value is -7.43. The van der Waals surface area contributed by atoms with Gasteiger partial charge in [0.1, 0.15) is 17.9 Å². The Labute approximate surface area is 353 Å². The van der Waals surface area contributed by atoms with Crippen molar-refractivity contribution in [3.63, 3.8) is 0 Å². The summed E-state index contributed by atoms with van der Waals surface area (Å²) >= 11 is 0. The fraction of sp³-hybridized carbons (Fsp3) is 0.105. The van der Waals surface area contributed by atoms with Gasteiger partial charge in [0.05, 0.1) is 5.69 Å². The van der Waals surface area contributed by atoms with Crippen molar-refractivity contribution in [1.82, 2.24) is 4.98 Å². The number of anilines is 3. The summed E-state index contributed by atoms with van der Waals surface area (Å²) in [5, 5.41) is 9.53. The van der Waals surface area contributed by atoms with E-state index in [2.05, 4.69) is 183 Å². The lowest BCUT2D eigenvalue weighted by molar-refractivity contribution is 0.302.